The molecule has 1 N–H and O–H groups in total. The number of nitrogens with zero attached hydrogens (tertiary/aromatic N) is 1. The highest BCUT2D eigenvalue weighted by Gasteiger charge is 2.27. The van der Waals surface area contributed by atoms with Crippen LogP contribution in [-0.4, -0.2) is 36.8 Å². The first-order valence-electron chi connectivity index (χ1n) is 6.33. The Morgan fingerprint density at radius 3 is 2.86 bits per heavy atom. The van der Waals surface area contributed by atoms with E-state index in [0.717, 1.165) is 9.88 Å². The monoisotopic (exact) mass is 350 g/mol. The molecule has 2 heterocycles. The van der Waals surface area contributed by atoms with Crippen molar-refractivity contribution in [3.05, 3.63) is 28.6 Å². The number of hydrogen-bond donors (Lipinski definition) is 1. The molecule has 0 saturated heterocycles. The summed E-state index contributed by atoms with van der Waals surface area (Å²) in [5.74, 6) is -0.293. The molecule has 22 heavy (non-hydrogen) atoms. The van der Waals surface area contributed by atoms with Crippen LogP contribution in [0.5, 0.6) is 0 Å². The molecule has 0 aromatic carbocycles. The third-order valence-electron chi connectivity index (χ3n) is 2.46. The molecule has 0 atom stereocenters. The van der Waals surface area contributed by atoms with E-state index in [1.807, 2.05) is 17.5 Å². The number of aromatic nitrogens is 1. The minimum absolute atomic E-state index is 0.0385. The van der Waals surface area contributed by atoms with Crippen LogP contribution in [0.4, 0.5) is 13.2 Å². The lowest BCUT2D eigenvalue weighted by atomic mass is 10.3. The van der Waals surface area contributed by atoms with Crippen molar-refractivity contribution < 1.29 is 22.7 Å². The zero-order chi connectivity index (χ0) is 16.0. The lowest BCUT2D eigenvalue weighted by Gasteiger charge is -2.08. The molecule has 0 saturated carbocycles. The lowest BCUT2D eigenvalue weighted by Crippen LogP contribution is -2.30. The number of nitrogens with one attached hydrogen (secondary N) is 1. The fourth-order valence-electron chi connectivity index (χ4n) is 1.58. The molecular formula is C13H13F3N2O2S2. The molecule has 2 rings (SSSR count). The molecule has 2 aromatic heterocycles. The predicted molar refractivity (Wildman–Crippen MR) is 79.0 cm³/mol. The Morgan fingerprint density at radius 2 is 2.18 bits per heavy atom. The first-order valence-corrected chi connectivity index (χ1v) is 8.09. The van der Waals surface area contributed by atoms with E-state index in [1.165, 1.54) is 11.3 Å². The molecule has 0 aliphatic heterocycles. The second-order valence-electron chi connectivity index (χ2n) is 4.32. The quantitative estimate of drug-likeness (QED) is 0.781. The largest absolute Gasteiger partial charge is 0.411 e. The van der Waals surface area contributed by atoms with Gasteiger partial charge in [-0.3, -0.25) is 4.79 Å². The number of thiophene rings is 1. The first-order chi connectivity index (χ1) is 10.4. The number of ether oxygens (including phenoxy) is 1. The predicted octanol–water partition coefficient (Wildman–Crippen LogP) is 3.11. The van der Waals surface area contributed by atoms with E-state index in [2.05, 4.69) is 15.0 Å². The fraction of sp³-hybridized carbons (Fsp3) is 0.385. The maximum Gasteiger partial charge on any atom is 0.411 e. The van der Waals surface area contributed by atoms with Crippen molar-refractivity contribution in [2.75, 3.05) is 19.8 Å². The molecule has 0 spiro atoms. The van der Waals surface area contributed by atoms with Crippen molar-refractivity contribution in [2.45, 2.75) is 12.6 Å². The van der Waals surface area contributed by atoms with Gasteiger partial charge in [-0.2, -0.15) is 13.2 Å². The van der Waals surface area contributed by atoms with Gasteiger partial charge in [-0.25, -0.2) is 4.98 Å². The van der Waals surface area contributed by atoms with Crippen molar-refractivity contribution in [1.82, 2.24) is 10.3 Å². The average Bonchev–Trinajstić information content (AvgIpc) is 3.07. The Hall–Kier alpha value is -1.45. The molecule has 0 bridgehead atoms. The normalized spacial score (nSPS) is 11.6. The Balaban J connectivity index is 1.69. The van der Waals surface area contributed by atoms with Crippen molar-refractivity contribution in [2.24, 2.45) is 0 Å². The second kappa shape index (κ2) is 7.70. The molecule has 9 heteroatoms. The van der Waals surface area contributed by atoms with Crippen LogP contribution in [-0.2, 0) is 16.0 Å². The summed E-state index contributed by atoms with van der Waals surface area (Å²) in [6, 6.07) is 3.88. The van der Waals surface area contributed by atoms with Gasteiger partial charge in [0.15, 0.2) is 0 Å². The van der Waals surface area contributed by atoms with Gasteiger partial charge in [0.25, 0.3) is 0 Å². The molecule has 4 nitrogen and oxygen atoms in total. The van der Waals surface area contributed by atoms with E-state index in [1.54, 1.807) is 16.7 Å². The highest BCUT2D eigenvalue weighted by atomic mass is 32.1. The van der Waals surface area contributed by atoms with Gasteiger partial charge in [-0.15, -0.1) is 22.7 Å². The van der Waals surface area contributed by atoms with Gasteiger partial charge in [0, 0.05) is 11.9 Å². The second-order valence-corrected chi connectivity index (χ2v) is 6.12. The molecule has 120 valence electrons. The van der Waals surface area contributed by atoms with Gasteiger partial charge in [-0.1, -0.05) is 6.07 Å². The Morgan fingerprint density at radius 1 is 1.36 bits per heavy atom. The highest BCUT2D eigenvalue weighted by Crippen LogP contribution is 2.27. The fourth-order valence-corrected chi connectivity index (χ4v) is 3.21. The van der Waals surface area contributed by atoms with Crippen LogP contribution >= 0.6 is 22.7 Å². The maximum atomic E-state index is 11.8. The topological polar surface area (TPSA) is 51.2 Å². The van der Waals surface area contributed by atoms with Crippen molar-refractivity contribution in [3.8, 4) is 9.88 Å². The third kappa shape index (κ3) is 5.74. The van der Waals surface area contributed by atoms with E-state index in [-0.39, 0.29) is 25.5 Å². The summed E-state index contributed by atoms with van der Waals surface area (Å²) in [5, 5.41) is 7.10. The molecule has 2 aromatic rings. The number of amides is 1. The van der Waals surface area contributed by atoms with Crippen LogP contribution in [0.1, 0.15) is 5.69 Å². The molecular weight excluding hydrogens is 337 g/mol. The van der Waals surface area contributed by atoms with E-state index in [0.29, 0.717) is 5.69 Å². The van der Waals surface area contributed by atoms with Gasteiger partial charge in [0.1, 0.15) is 11.6 Å². The number of thiazole rings is 1. The summed E-state index contributed by atoms with van der Waals surface area (Å²) < 4.78 is 39.9. The smallest absolute Gasteiger partial charge is 0.370 e. The Labute approximate surface area is 133 Å². The van der Waals surface area contributed by atoms with E-state index < -0.39 is 12.8 Å². The van der Waals surface area contributed by atoms with Gasteiger partial charge < -0.3 is 10.1 Å². The summed E-state index contributed by atoms with van der Waals surface area (Å²) in [6.45, 7) is -1.45. The number of rotatable bonds is 7. The van der Waals surface area contributed by atoms with E-state index in [4.69, 9.17) is 0 Å². The number of carbonyl (C=O) groups is 1. The highest BCUT2D eigenvalue weighted by molar-refractivity contribution is 7.20. The minimum atomic E-state index is -4.34. The standard InChI is InChI=1S/C13H13F3N2O2S2/c14-13(15,16)8-20-4-3-17-11(19)6-9-7-22-12(18-9)10-2-1-5-21-10/h1-2,5,7H,3-4,6,8H2,(H,17,19). The van der Waals surface area contributed by atoms with Gasteiger partial charge in [0.05, 0.1) is 23.6 Å². The summed E-state index contributed by atoms with van der Waals surface area (Å²) in [4.78, 5) is 17.0. The van der Waals surface area contributed by atoms with Gasteiger partial charge >= 0.3 is 6.18 Å². The third-order valence-corrected chi connectivity index (χ3v) is 4.39. The van der Waals surface area contributed by atoms with Crippen LogP contribution in [0.2, 0.25) is 0 Å². The Kier molecular flexibility index (Phi) is 5.92. The molecule has 0 fully saturated rings. The summed E-state index contributed by atoms with van der Waals surface area (Å²) >= 11 is 3.02. The van der Waals surface area contributed by atoms with Crippen molar-refractivity contribution >= 4 is 28.6 Å². The van der Waals surface area contributed by atoms with E-state index >= 15 is 0 Å². The van der Waals surface area contributed by atoms with Crippen LogP contribution in [0.15, 0.2) is 22.9 Å². The molecule has 0 unspecified atom stereocenters. The Bertz CT molecular complexity index is 597. The number of carbonyl (C=O) groups excluding carboxylic acids is 1. The SMILES string of the molecule is O=C(Cc1csc(-c2cccs2)n1)NCCOCC(F)(F)F. The van der Waals surface area contributed by atoms with Crippen LogP contribution in [0.25, 0.3) is 9.88 Å². The van der Waals surface area contributed by atoms with Crippen LogP contribution in [0, 0.1) is 0 Å². The zero-order valence-corrected chi connectivity index (χ0v) is 13.0. The van der Waals surface area contributed by atoms with E-state index in [9.17, 15) is 18.0 Å². The maximum absolute atomic E-state index is 11.8. The van der Waals surface area contributed by atoms with Crippen LogP contribution in [0.3, 0.4) is 0 Å². The van der Waals surface area contributed by atoms with Crippen molar-refractivity contribution in [3.63, 3.8) is 0 Å². The molecule has 0 aliphatic rings. The number of hydrogen-bond acceptors (Lipinski definition) is 5. The summed E-state index contributed by atoms with van der Waals surface area (Å²) in [5.41, 5.74) is 0.641. The molecule has 0 radical (unpaired) electrons. The first kappa shape index (κ1) is 16.9. The number of alkyl halides is 3. The van der Waals surface area contributed by atoms with Crippen LogP contribution < -0.4 is 5.32 Å². The summed E-state index contributed by atoms with van der Waals surface area (Å²) in [6.07, 6.45) is -4.25. The minimum Gasteiger partial charge on any atom is -0.370 e. The van der Waals surface area contributed by atoms with Gasteiger partial charge in [0.2, 0.25) is 5.91 Å². The average molecular weight is 350 g/mol. The van der Waals surface area contributed by atoms with Gasteiger partial charge in [-0.05, 0) is 11.4 Å². The number of halogens is 3. The molecule has 1 amide bonds. The lowest BCUT2D eigenvalue weighted by molar-refractivity contribution is -0.173. The summed E-state index contributed by atoms with van der Waals surface area (Å²) in [7, 11) is 0. The zero-order valence-electron chi connectivity index (χ0n) is 11.4. The van der Waals surface area contributed by atoms with Crippen molar-refractivity contribution in [1.29, 1.82) is 0 Å². The molecule has 0 aliphatic carbocycles.